The molecule has 0 fully saturated rings. The predicted molar refractivity (Wildman–Crippen MR) is 72.1 cm³/mol. The number of hydrogen-bond acceptors (Lipinski definition) is 5. The van der Waals surface area contributed by atoms with Crippen molar-refractivity contribution >= 4 is 5.95 Å². The minimum Gasteiger partial charge on any atom is -0.475 e. The maximum atomic E-state index is 5.54. The molecule has 18 heavy (non-hydrogen) atoms. The van der Waals surface area contributed by atoms with Crippen LogP contribution in [0.2, 0.25) is 0 Å². The summed E-state index contributed by atoms with van der Waals surface area (Å²) >= 11 is 0. The Kier molecular flexibility index (Phi) is 6.43. The van der Waals surface area contributed by atoms with Gasteiger partial charge in [-0.05, 0) is 27.2 Å². The number of nitrogens with one attached hydrogen (secondary N) is 1. The zero-order valence-electron chi connectivity index (χ0n) is 11.7. The zero-order valence-corrected chi connectivity index (χ0v) is 11.7. The van der Waals surface area contributed by atoms with E-state index in [9.17, 15) is 0 Å². The van der Waals surface area contributed by atoms with Gasteiger partial charge in [0.05, 0.1) is 12.7 Å². The molecule has 0 atom stereocenters. The van der Waals surface area contributed by atoms with Crippen LogP contribution < -0.4 is 10.1 Å². The third kappa shape index (κ3) is 5.82. The van der Waals surface area contributed by atoms with Crippen LogP contribution in [0.25, 0.3) is 0 Å². The number of aromatic nitrogens is 2. The molecule has 0 aliphatic carbocycles. The number of rotatable bonds is 8. The predicted octanol–water partition coefficient (Wildman–Crippen LogP) is 2.41. The van der Waals surface area contributed by atoms with Crippen LogP contribution in [0, 0.1) is 6.92 Å². The summed E-state index contributed by atoms with van der Waals surface area (Å²) in [5.41, 5.74) is 0.892. The summed E-state index contributed by atoms with van der Waals surface area (Å²) in [7, 11) is 0. The first-order chi connectivity index (χ1) is 8.61. The molecule has 1 heterocycles. The van der Waals surface area contributed by atoms with E-state index in [1.54, 1.807) is 0 Å². The van der Waals surface area contributed by atoms with E-state index in [-0.39, 0.29) is 6.10 Å². The molecule has 0 radical (unpaired) electrons. The third-order valence-electron chi connectivity index (χ3n) is 2.15. The highest BCUT2D eigenvalue weighted by Crippen LogP contribution is 2.11. The van der Waals surface area contributed by atoms with Crippen molar-refractivity contribution < 1.29 is 9.47 Å². The van der Waals surface area contributed by atoms with E-state index in [1.807, 2.05) is 26.8 Å². The van der Waals surface area contributed by atoms with Crippen molar-refractivity contribution in [2.75, 3.05) is 25.1 Å². The van der Waals surface area contributed by atoms with E-state index in [2.05, 4.69) is 22.2 Å². The van der Waals surface area contributed by atoms with Crippen molar-refractivity contribution in [3.8, 4) is 5.88 Å². The van der Waals surface area contributed by atoms with Gasteiger partial charge in [-0.25, -0.2) is 4.98 Å². The molecule has 0 saturated carbocycles. The minimum atomic E-state index is 0.225. The van der Waals surface area contributed by atoms with Crippen molar-refractivity contribution in [1.29, 1.82) is 0 Å². The number of aryl methyl sites for hydroxylation is 1. The van der Waals surface area contributed by atoms with Crippen LogP contribution in [0.3, 0.4) is 0 Å². The molecule has 0 amide bonds. The lowest BCUT2D eigenvalue weighted by molar-refractivity contribution is 0.0542. The molecule has 0 unspecified atom stereocenters. The third-order valence-corrected chi connectivity index (χ3v) is 2.15. The lowest BCUT2D eigenvalue weighted by Gasteiger charge is -2.10. The van der Waals surface area contributed by atoms with E-state index in [0.29, 0.717) is 25.0 Å². The first kappa shape index (κ1) is 14.7. The lowest BCUT2D eigenvalue weighted by Crippen LogP contribution is -2.13. The van der Waals surface area contributed by atoms with Crippen molar-refractivity contribution in [2.24, 2.45) is 0 Å². The first-order valence-electron chi connectivity index (χ1n) is 6.45. The molecule has 1 N–H and O–H groups in total. The zero-order chi connectivity index (χ0) is 13.4. The molecule has 0 saturated heterocycles. The van der Waals surface area contributed by atoms with Crippen molar-refractivity contribution in [1.82, 2.24) is 9.97 Å². The molecule has 5 heteroatoms. The summed E-state index contributed by atoms with van der Waals surface area (Å²) in [5.74, 6) is 1.21. The van der Waals surface area contributed by atoms with Crippen molar-refractivity contribution in [2.45, 2.75) is 40.2 Å². The lowest BCUT2D eigenvalue weighted by atomic mass is 10.4. The van der Waals surface area contributed by atoms with Gasteiger partial charge in [0.15, 0.2) is 0 Å². The summed E-state index contributed by atoms with van der Waals surface area (Å²) in [5, 5.41) is 3.15. The fourth-order valence-electron chi connectivity index (χ4n) is 1.36. The van der Waals surface area contributed by atoms with Crippen molar-refractivity contribution in [3.63, 3.8) is 0 Å². The van der Waals surface area contributed by atoms with Gasteiger partial charge < -0.3 is 14.8 Å². The second-order valence-electron chi connectivity index (χ2n) is 4.37. The molecule has 102 valence electrons. The normalized spacial score (nSPS) is 10.7. The van der Waals surface area contributed by atoms with Crippen LogP contribution in [0.15, 0.2) is 6.07 Å². The Morgan fingerprint density at radius 1 is 1.28 bits per heavy atom. The Morgan fingerprint density at radius 3 is 2.72 bits per heavy atom. The molecule has 0 aromatic carbocycles. The maximum absolute atomic E-state index is 5.54. The minimum absolute atomic E-state index is 0.225. The second-order valence-corrected chi connectivity index (χ2v) is 4.37. The topological polar surface area (TPSA) is 56.3 Å². The number of nitrogens with zero attached hydrogens (tertiary/aromatic N) is 2. The largest absolute Gasteiger partial charge is 0.475 e. The fourth-order valence-corrected chi connectivity index (χ4v) is 1.36. The van der Waals surface area contributed by atoms with Gasteiger partial charge in [0, 0.05) is 18.3 Å². The maximum Gasteiger partial charge on any atom is 0.226 e. The van der Waals surface area contributed by atoms with E-state index in [4.69, 9.17) is 9.47 Å². The summed E-state index contributed by atoms with van der Waals surface area (Å²) in [6, 6.07) is 1.83. The van der Waals surface area contributed by atoms with Crippen LogP contribution in [0.5, 0.6) is 5.88 Å². The molecule has 1 aromatic heterocycles. The average Bonchev–Trinajstić information content (AvgIpc) is 2.31. The van der Waals surface area contributed by atoms with Gasteiger partial charge >= 0.3 is 0 Å². The van der Waals surface area contributed by atoms with Gasteiger partial charge in [0.25, 0.3) is 0 Å². The molecule has 0 aliphatic rings. The van der Waals surface area contributed by atoms with Crippen molar-refractivity contribution in [3.05, 3.63) is 11.8 Å². The monoisotopic (exact) mass is 253 g/mol. The van der Waals surface area contributed by atoms with Gasteiger partial charge in [-0.2, -0.15) is 4.98 Å². The summed E-state index contributed by atoms with van der Waals surface area (Å²) in [6.07, 6.45) is 1.26. The van der Waals surface area contributed by atoms with Gasteiger partial charge in [-0.3, -0.25) is 0 Å². The molecule has 0 bridgehead atoms. The highest BCUT2D eigenvalue weighted by molar-refractivity contribution is 5.30. The smallest absolute Gasteiger partial charge is 0.226 e. The molecule has 5 nitrogen and oxygen atoms in total. The Balaban J connectivity index is 2.46. The molecular formula is C13H23N3O2. The van der Waals surface area contributed by atoms with Crippen LogP contribution in [-0.4, -0.2) is 35.8 Å². The van der Waals surface area contributed by atoms with E-state index >= 15 is 0 Å². The number of anilines is 1. The van der Waals surface area contributed by atoms with Gasteiger partial charge in [-0.1, -0.05) is 6.92 Å². The quantitative estimate of drug-likeness (QED) is 0.721. The standard InChI is InChI=1S/C13H23N3O2/c1-5-6-14-13-15-11(4)9-12(16-13)18-8-7-17-10(2)3/h9-10H,5-8H2,1-4H3,(H,14,15,16). The van der Waals surface area contributed by atoms with Crippen LogP contribution >= 0.6 is 0 Å². The molecule has 0 aliphatic heterocycles. The Bertz CT molecular complexity index is 356. The Hall–Kier alpha value is -1.36. The van der Waals surface area contributed by atoms with E-state index < -0.39 is 0 Å². The second kappa shape index (κ2) is 7.87. The highest BCUT2D eigenvalue weighted by atomic mass is 16.5. The van der Waals surface area contributed by atoms with Crippen LogP contribution in [0.4, 0.5) is 5.95 Å². The van der Waals surface area contributed by atoms with Crippen LogP contribution in [-0.2, 0) is 4.74 Å². The summed E-state index contributed by atoms with van der Waals surface area (Å²) in [4.78, 5) is 8.58. The van der Waals surface area contributed by atoms with Gasteiger partial charge in [0.1, 0.15) is 6.61 Å². The Labute approximate surface area is 109 Å². The molecule has 0 spiro atoms. The van der Waals surface area contributed by atoms with Crippen LogP contribution in [0.1, 0.15) is 32.9 Å². The number of ether oxygens (including phenoxy) is 2. The fraction of sp³-hybridized carbons (Fsp3) is 0.692. The Morgan fingerprint density at radius 2 is 2.06 bits per heavy atom. The van der Waals surface area contributed by atoms with Gasteiger partial charge in [0.2, 0.25) is 11.8 Å². The first-order valence-corrected chi connectivity index (χ1v) is 6.45. The number of hydrogen-bond donors (Lipinski definition) is 1. The van der Waals surface area contributed by atoms with E-state index in [0.717, 1.165) is 18.7 Å². The van der Waals surface area contributed by atoms with Gasteiger partial charge in [-0.15, -0.1) is 0 Å². The highest BCUT2D eigenvalue weighted by Gasteiger charge is 2.03. The molecule has 1 rings (SSSR count). The average molecular weight is 253 g/mol. The molecule has 1 aromatic rings. The summed E-state index contributed by atoms with van der Waals surface area (Å²) < 4.78 is 10.9. The van der Waals surface area contributed by atoms with E-state index in [1.165, 1.54) is 0 Å². The SMILES string of the molecule is CCCNc1nc(C)cc(OCCOC(C)C)n1. The molecular weight excluding hydrogens is 230 g/mol. The summed E-state index contributed by atoms with van der Waals surface area (Å²) in [6.45, 7) is 9.96.